The Morgan fingerprint density at radius 1 is 0.667 bits per heavy atom. The fraction of sp³-hybridized carbons (Fsp3) is 0.391. The molecular weight excluding hydrogens is 460 g/mol. The second-order valence-corrected chi connectivity index (χ2v) is 12.1. The highest BCUT2D eigenvalue weighted by molar-refractivity contribution is 7.89. The molecule has 2 aromatic carbocycles. The molecule has 2 aliphatic carbocycles. The summed E-state index contributed by atoms with van der Waals surface area (Å²) in [6, 6.07) is 13.3. The van der Waals surface area contributed by atoms with Crippen molar-refractivity contribution in [2.75, 3.05) is 0 Å². The second-order valence-electron chi connectivity index (χ2n) is 8.73. The highest BCUT2D eigenvalue weighted by Crippen LogP contribution is 2.37. The molecule has 2 bridgehead atoms. The fourth-order valence-electron chi connectivity index (χ4n) is 4.31. The summed E-state index contributed by atoms with van der Waals surface area (Å²) in [6.45, 7) is 3.80. The maximum absolute atomic E-state index is 12.5. The van der Waals surface area contributed by atoms with Crippen LogP contribution in [0, 0.1) is 25.7 Å². The Morgan fingerprint density at radius 3 is 1.39 bits per heavy atom. The van der Waals surface area contributed by atoms with Gasteiger partial charge in [0.1, 0.15) is 0 Å². The summed E-state index contributed by atoms with van der Waals surface area (Å²) in [4.78, 5) is 5.14. The Labute approximate surface area is 195 Å². The van der Waals surface area contributed by atoms with Crippen molar-refractivity contribution in [3.63, 3.8) is 0 Å². The van der Waals surface area contributed by atoms with E-state index in [1.165, 1.54) is 0 Å². The van der Waals surface area contributed by atoms with E-state index in [0.717, 1.165) is 41.8 Å². The van der Waals surface area contributed by atoms with Gasteiger partial charge in [-0.3, -0.25) is 0 Å². The SMILES string of the molecule is Cc1ccc(S(=O)(=O)N/N=C2/CC[C@@H]3C[C@H]2CC/C3=N\NS(=O)(=O)c2ccc(C)cc2)cc1. The number of aryl methyl sites for hydroxylation is 2. The molecular formula is C23H28N4O4S2. The van der Waals surface area contributed by atoms with Crippen LogP contribution in [0.15, 0.2) is 68.5 Å². The van der Waals surface area contributed by atoms with Crippen LogP contribution in [0.1, 0.15) is 43.2 Å². The van der Waals surface area contributed by atoms with Crippen LogP contribution < -0.4 is 9.66 Å². The number of fused-ring (bicyclic) bond motifs is 2. The standard InChI is InChI=1S/C23H28N4O4S2/c1-16-3-9-20(10-4-16)32(28,29)26-24-22-13-7-19-15-18(22)8-14-23(19)25-27-33(30,31)21-11-5-17(2)6-12-21/h3-6,9-12,18-19,26-27H,7-8,13-15H2,1-2H3/b24-22-,25-23+/t18-,19-/m1/s1. The largest absolute Gasteiger partial charge is 0.276 e. The molecule has 0 saturated heterocycles. The van der Waals surface area contributed by atoms with E-state index in [1.54, 1.807) is 48.5 Å². The van der Waals surface area contributed by atoms with Crippen LogP contribution in [-0.2, 0) is 20.0 Å². The average molecular weight is 489 g/mol. The zero-order chi connectivity index (χ0) is 23.6. The van der Waals surface area contributed by atoms with Gasteiger partial charge >= 0.3 is 0 Å². The number of hydrazone groups is 2. The first-order chi connectivity index (χ1) is 15.6. The number of rotatable bonds is 6. The molecule has 0 aromatic heterocycles. The predicted molar refractivity (Wildman–Crippen MR) is 128 cm³/mol. The molecule has 0 unspecified atom stereocenters. The lowest BCUT2D eigenvalue weighted by Gasteiger charge is -2.36. The zero-order valence-corrected chi connectivity index (χ0v) is 20.3. The van der Waals surface area contributed by atoms with Gasteiger partial charge in [-0.2, -0.15) is 27.0 Å². The molecule has 10 heteroatoms. The van der Waals surface area contributed by atoms with Crippen molar-refractivity contribution in [1.29, 1.82) is 0 Å². The van der Waals surface area contributed by atoms with Crippen molar-refractivity contribution in [2.24, 2.45) is 22.0 Å². The van der Waals surface area contributed by atoms with Crippen molar-refractivity contribution in [1.82, 2.24) is 9.66 Å². The van der Waals surface area contributed by atoms with Gasteiger partial charge in [-0.05, 0) is 70.2 Å². The molecule has 176 valence electrons. The summed E-state index contributed by atoms with van der Waals surface area (Å²) < 4.78 is 50.1. The lowest BCUT2D eigenvalue weighted by Crippen LogP contribution is -2.37. The van der Waals surface area contributed by atoms with E-state index >= 15 is 0 Å². The van der Waals surface area contributed by atoms with Gasteiger partial charge in [0, 0.05) is 23.3 Å². The van der Waals surface area contributed by atoms with E-state index in [9.17, 15) is 16.8 Å². The van der Waals surface area contributed by atoms with Crippen LogP contribution in [0.2, 0.25) is 0 Å². The van der Waals surface area contributed by atoms with Gasteiger partial charge in [0.2, 0.25) is 0 Å². The van der Waals surface area contributed by atoms with Gasteiger partial charge in [0.05, 0.1) is 9.79 Å². The predicted octanol–water partition coefficient (Wildman–Crippen LogP) is 3.48. The number of hydrogen-bond acceptors (Lipinski definition) is 6. The number of nitrogens with one attached hydrogen (secondary N) is 2. The number of hydrogen-bond donors (Lipinski definition) is 2. The molecule has 0 aliphatic heterocycles. The minimum Gasteiger partial charge on any atom is -0.200 e. The molecule has 0 amide bonds. The van der Waals surface area contributed by atoms with Crippen LogP contribution in [-0.4, -0.2) is 28.3 Å². The third-order valence-electron chi connectivity index (χ3n) is 6.29. The van der Waals surface area contributed by atoms with E-state index in [1.807, 2.05) is 13.8 Å². The van der Waals surface area contributed by atoms with Crippen molar-refractivity contribution in [3.05, 3.63) is 59.7 Å². The molecule has 33 heavy (non-hydrogen) atoms. The molecule has 0 spiro atoms. The van der Waals surface area contributed by atoms with Gasteiger partial charge in [-0.15, -0.1) is 0 Å². The van der Waals surface area contributed by atoms with Gasteiger partial charge in [-0.25, -0.2) is 9.66 Å². The van der Waals surface area contributed by atoms with Crippen LogP contribution in [0.25, 0.3) is 0 Å². The van der Waals surface area contributed by atoms with Crippen LogP contribution in [0.5, 0.6) is 0 Å². The highest BCUT2D eigenvalue weighted by atomic mass is 32.2. The third-order valence-corrected chi connectivity index (χ3v) is 8.74. The molecule has 2 saturated carbocycles. The van der Waals surface area contributed by atoms with Gasteiger partial charge < -0.3 is 0 Å². The zero-order valence-electron chi connectivity index (χ0n) is 18.7. The third kappa shape index (κ3) is 5.44. The van der Waals surface area contributed by atoms with Crippen LogP contribution >= 0.6 is 0 Å². The Hall–Kier alpha value is -2.72. The van der Waals surface area contributed by atoms with Crippen molar-refractivity contribution < 1.29 is 16.8 Å². The topological polar surface area (TPSA) is 117 Å². The van der Waals surface area contributed by atoms with Gasteiger partial charge in [-0.1, -0.05) is 35.4 Å². The van der Waals surface area contributed by atoms with E-state index in [2.05, 4.69) is 19.9 Å². The van der Waals surface area contributed by atoms with Crippen LogP contribution in [0.3, 0.4) is 0 Å². The van der Waals surface area contributed by atoms with E-state index < -0.39 is 20.0 Å². The quantitative estimate of drug-likeness (QED) is 0.605. The maximum atomic E-state index is 12.5. The molecule has 2 N–H and O–H groups in total. The Morgan fingerprint density at radius 2 is 1.03 bits per heavy atom. The average Bonchev–Trinajstić information content (AvgIpc) is 2.79. The first kappa shape index (κ1) is 23.4. The summed E-state index contributed by atoms with van der Waals surface area (Å²) in [5.41, 5.74) is 3.67. The molecule has 4 rings (SSSR count). The molecule has 2 aromatic rings. The number of sulfonamides is 2. The molecule has 2 fully saturated rings. The molecule has 8 nitrogen and oxygen atoms in total. The minimum atomic E-state index is -3.71. The van der Waals surface area contributed by atoms with Crippen LogP contribution in [0.4, 0.5) is 0 Å². The monoisotopic (exact) mass is 488 g/mol. The highest BCUT2D eigenvalue weighted by Gasteiger charge is 2.35. The smallest absolute Gasteiger partial charge is 0.200 e. The van der Waals surface area contributed by atoms with E-state index in [-0.39, 0.29) is 21.6 Å². The molecule has 2 aliphatic rings. The van der Waals surface area contributed by atoms with Gasteiger partial charge in [0.15, 0.2) is 0 Å². The summed E-state index contributed by atoms with van der Waals surface area (Å²) in [5.74, 6) is 0.328. The molecule has 2 atom stereocenters. The Balaban J connectivity index is 1.40. The van der Waals surface area contributed by atoms with Crippen molar-refractivity contribution in [3.8, 4) is 0 Å². The van der Waals surface area contributed by atoms with Crippen molar-refractivity contribution >= 4 is 31.5 Å². The Bertz CT molecular complexity index is 1180. The normalized spacial score (nSPS) is 23.5. The van der Waals surface area contributed by atoms with Crippen molar-refractivity contribution in [2.45, 2.75) is 55.7 Å². The second kappa shape index (κ2) is 9.26. The number of benzene rings is 2. The lowest BCUT2D eigenvalue weighted by molar-refractivity contribution is 0.404. The maximum Gasteiger partial charge on any atom is 0.276 e. The fourth-order valence-corrected chi connectivity index (χ4v) is 5.98. The number of nitrogens with zero attached hydrogens (tertiary/aromatic N) is 2. The first-order valence-electron chi connectivity index (χ1n) is 10.9. The Kier molecular flexibility index (Phi) is 6.58. The minimum absolute atomic E-state index is 0.164. The van der Waals surface area contributed by atoms with E-state index in [4.69, 9.17) is 0 Å². The molecule has 0 radical (unpaired) electrons. The molecule has 0 heterocycles. The summed E-state index contributed by atoms with van der Waals surface area (Å²) >= 11 is 0. The van der Waals surface area contributed by atoms with E-state index in [0.29, 0.717) is 12.8 Å². The first-order valence-corrected chi connectivity index (χ1v) is 13.9. The summed E-state index contributed by atoms with van der Waals surface area (Å²) in [7, 11) is -7.41. The summed E-state index contributed by atoms with van der Waals surface area (Å²) in [5, 5.41) is 8.52. The lowest BCUT2D eigenvalue weighted by atomic mass is 9.70. The summed E-state index contributed by atoms with van der Waals surface area (Å²) in [6.07, 6.45) is 3.60. The van der Waals surface area contributed by atoms with Gasteiger partial charge in [0.25, 0.3) is 20.0 Å².